The molecular weight excluding hydrogens is 270 g/mol. The molecular formula is C16H19NO4. The molecule has 1 aromatic rings. The summed E-state index contributed by atoms with van der Waals surface area (Å²) in [5, 5.41) is 0. The molecule has 0 radical (unpaired) electrons. The zero-order valence-electron chi connectivity index (χ0n) is 12.5. The van der Waals surface area contributed by atoms with Crippen LogP contribution in [0.5, 0.6) is 0 Å². The van der Waals surface area contributed by atoms with Gasteiger partial charge in [0.1, 0.15) is 18.0 Å². The molecule has 0 fully saturated rings. The van der Waals surface area contributed by atoms with Crippen LogP contribution < -0.4 is 0 Å². The minimum absolute atomic E-state index is 0.112. The molecule has 5 heteroatoms. The van der Waals surface area contributed by atoms with Crippen LogP contribution in [0.1, 0.15) is 26.3 Å². The standard InChI is InChI=1S/C16H19NO4/c1-16(2,3)21-15(19)17-10-13(9-14(17)18)20-11-12-7-5-4-6-8-12/h4-9H,10-11H2,1-3H3. The van der Waals surface area contributed by atoms with Crippen molar-refractivity contribution >= 4 is 12.0 Å². The quantitative estimate of drug-likeness (QED) is 0.858. The number of hydrogen-bond donors (Lipinski definition) is 0. The van der Waals surface area contributed by atoms with Gasteiger partial charge in [-0.2, -0.15) is 0 Å². The van der Waals surface area contributed by atoms with E-state index < -0.39 is 17.6 Å². The lowest BCUT2D eigenvalue weighted by Gasteiger charge is -2.23. The van der Waals surface area contributed by atoms with Gasteiger partial charge in [0.25, 0.3) is 5.91 Å². The van der Waals surface area contributed by atoms with Gasteiger partial charge < -0.3 is 9.47 Å². The van der Waals surface area contributed by atoms with Crippen LogP contribution in [-0.2, 0) is 20.9 Å². The van der Waals surface area contributed by atoms with Gasteiger partial charge in [0, 0.05) is 6.08 Å². The first-order valence-electron chi connectivity index (χ1n) is 6.77. The Hall–Kier alpha value is -2.30. The summed E-state index contributed by atoms with van der Waals surface area (Å²) < 4.78 is 10.7. The number of carbonyl (C=O) groups excluding carboxylic acids is 2. The summed E-state index contributed by atoms with van der Waals surface area (Å²) in [6, 6.07) is 9.62. The molecule has 1 aliphatic heterocycles. The zero-order chi connectivity index (χ0) is 15.5. The molecule has 0 atom stereocenters. The maximum Gasteiger partial charge on any atom is 0.417 e. The first-order valence-corrected chi connectivity index (χ1v) is 6.77. The Bertz CT molecular complexity index is 557. The molecule has 1 heterocycles. The third-order valence-electron chi connectivity index (χ3n) is 2.75. The van der Waals surface area contributed by atoms with E-state index in [9.17, 15) is 9.59 Å². The molecule has 112 valence electrons. The maximum atomic E-state index is 11.9. The lowest BCUT2D eigenvalue weighted by atomic mass is 10.2. The highest BCUT2D eigenvalue weighted by Crippen LogP contribution is 2.18. The molecule has 0 spiro atoms. The molecule has 21 heavy (non-hydrogen) atoms. The fraction of sp³-hybridized carbons (Fsp3) is 0.375. The average Bonchev–Trinajstić information content (AvgIpc) is 2.77. The molecule has 1 aromatic carbocycles. The highest BCUT2D eigenvalue weighted by molar-refractivity contribution is 6.01. The monoisotopic (exact) mass is 289 g/mol. The fourth-order valence-corrected chi connectivity index (χ4v) is 1.80. The van der Waals surface area contributed by atoms with Crippen molar-refractivity contribution in [2.45, 2.75) is 33.0 Å². The van der Waals surface area contributed by atoms with E-state index in [1.165, 1.54) is 6.08 Å². The van der Waals surface area contributed by atoms with E-state index in [0.29, 0.717) is 12.4 Å². The molecule has 0 saturated heterocycles. The van der Waals surface area contributed by atoms with Crippen molar-refractivity contribution in [3.05, 3.63) is 47.7 Å². The van der Waals surface area contributed by atoms with Gasteiger partial charge in [0.2, 0.25) is 0 Å². The minimum atomic E-state index is -0.651. The van der Waals surface area contributed by atoms with E-state index in [2.05, 4.69) is 0 Å². The summed E-state index contributed by atoms with van der Waals surface area (Å²) in [7, 11) is 0. The number of amides is 2. The van der Waals surface area contributed by atoms with Crippen LogP contribution in [0.2, 0.25) is 0 Å². The number of carbonyl (C=O) groups is 2. The molecule has 0 unspecified atom stereocenters. The van der Waals surface area contributed by atoms with E-state index in [1.54, 1.807) is 20.8 Å². The number of ether oxygens (including phenoxy) is 2. The second-order valence-electron chi connectivity index (χ2n) is 5.79. The summed E-state index contributed by atoms with van der Waals surface area (Å²) in [5.74, 6) is 0.0574. The van der Waals surface area contributed by atoms with Gasteiger partial charge in [0.15, 0.2) is 0 Å². The molecule has 2 rings (SSSR count). The molecule has 1 aliphatic rings. The van der Waals surface area contributed by atoms with Gasteiger partial charge in [-0.1, -0.05) is 30.3 Å². The summed E-state index contributed by atoms with van der Waals surface area (Å²) in [6.07, 6.45) is 0.675. The maximum absolute atomic E-state index is 11.9. The lowest BCUT2D eigenvalue weighted by Crippen LogP contribution is -2.38. The van der Waals surface area contributed by atoms with Crippen LogP contribution in [0.15, 0.2) is 42.2 Å². The van der Waals surface area contributed by atoms with Crippen LogP contribution in [0.3, 0.4) is 0 Å². The molecule has 0 aliphatic carbocycles. The van der Waals surface area contributed by atoms with Gasteiger partial charge in [-0.25, -0.2) is 9.69 Å². The SMILES string of the molecule is CC(C)(C)OC(=O)N1CC(OCc2ccccc2)=CC1=O. The van der Waals surface area contributed by atoms with Crippen LogP contribution in [0.25, 0.3) is 0 Å². The topological polar surface area (TPSA) is 55.8 Å². The molecule has 0 bridgehead atoms. The van der Waals surface area contributed by atoms with Crippen molar-refractivity contribution in [1.29, 1.82) is 0 Å². The second kappa shape index (κ2) is 5.99. The van der Waals surface area contributed by atoms with E-state index in [0.717, 1.165) is 10.5 Å². The lowest BCUT2D eigenvalue weighted by molar-refractivity contribution is -0.123. The third-order valence-corrected chi connectivity index (χ3v) is 2.75. The summed E-state index contributed by atoms with van der Waals surface area (Å²) in [6.45, 7) is 5.74. The number of imide groups is 1. The average molecular weight is 289 g/mol. The largest absolute Gasteiger partial charge is 0.491 e. The Morgan fingerprint density at radius 1 is 1.24 bits per heavy atom. The van der Waals surface area contributed by atoms with Gasteiger partial charge in [-0.15, -0.1) is 0 Å². The Morgan fingerprint density at radius 3 is 2.52 bits per heavy atom. The number of hydrogen-bond acceptors (Lipinski definition) is 4. The highest BCUT2D eigenvalue weighted by atomic mass is 16.6. The minimum Gasteiger partial charge on any atom is -0.491 e. The normalized spacial score (nSPS) is 14.9. The predicted octanol–water partition coefficient (Wildman–Crippen LogP) is 2.86. The fourth-order valence-electron chi connectivity index (χ4n) is 1.80. The summed E-state index contributed by atoms with van der Waals surface area (Å²) >= 11 is 0. The number of nitrogens with zero attached hydrogens (tertiary/aromatic N) is 1. The Balaban J connectivity index is 1.89. The van der Waals surface area contributed by atoms with Crippen LogP contribution >= 0.6 is 0 Å². The van der Waals surface area contributed by atoms with Crippen molar-refractivity contribution in [3.63, 3.8) is 0 Å². The first kappa shape index (κ1) is 15.1. The van der Waals surface area contributed by atoms with Crippen molar-refractivity contribution in [3.8, 4) is 0 Å². The Labute approximate surface area is 124 Å². The number of benzene rings is 1. The van der Waals surface area contributed by atoms with Gasteiger partial charge in [-0.05, 0) is 26.3 Å². The van der Waals surface area contributed by atoms with E-state index in [1.807, 2.05) is 30.3 Å². The van der Waals surface area contributed by atoms with Crippen molar-refractivity contribution in [1.82, 2.24) is 4.90 Å². The number of rotatable bonds is 3. The van der Waals surface area contributed by atoms with E-state index >= 15 is 0 Å². The van der Waals surface area contributed by atoms with Crippen LogP contribution in [0, 0.1) is 0 Å². The second-order valence-corrected chi connectivity index (χ2v) is 5.79. The summed E-state index contributed by atoms with van der Waals surface area (Å²) in [4.78, 5) is 24.7. The van der Waals surface area contributed by atoms with E-state index in [4.69, 9.17) is 9.47 Å². The smallest absolute Gasteiger partial charge is 0.417 e. The van der Waals surface area contributed by atoms with Gasteiger partial charge in [-0.3, -0.25) is 4.79 Å². The Kier molecular flexibility index (Phi) is 4.31. The Morgan fingerprint density at radius 2 is 1.90 bits per heavy atom. The molecule has 0 N–H and O–H groups in total. The highest BCUT2D eigenvalue weighted by Gasteiger charge is 2.32. The predicted molar refractivity (Wildman–Crippen MR) is 77.3 cm³/mol. The zero-order valence-corrected chi connectivity index (χ0v) is 12.5. The third kappa shape index (κ3) is 4.34. The van der Waals surface area contributed by atoms with Gasteiger partial charge >= 0.3 is 6.09 Å². The first-order chi connectivity index (χ1) is 9.85. The van der Waals surface area contributed by atoms with Crippen LogP contribution in [0.4, 0.5) is 4.79 Å². The summed E-state index contributed by atoms with van der Waals surface area (Å²) in [5.41, 5.74) is 0.368. The van der Waals surface area contributed by atoms with Crippen molar-refractivity contribution in [2.24, 2.45) is 0 Å². The van der Waals surface area contributed by atoms with E-state index in [-0.39, 0.29) is 6.54 Å². The van der Waals surface area contributed by atoms with Crippen molar-refractivity contribution in [2.75, 3.05) is 6.54 Å². The van der Waals surface area contributed by atoms with Crippen LogP contribution in [-0.4, -0.2) is 29.0 Å². The molecule has 0 saturated carbocycles. The molecule has 5 nitrogen and oxygen atoms in total. The van der Waals surface area contributed by atoms with Crippen molar-refractivity contribution < 1.29 is 19.1 Å². The molecule has 0 aromatic heterocycles. The van der Waals surface area contributed by atoms with Gasteiger partial charge in [0.05, 0.1) is 6.54 Å². The molecule has 2 amide bonds.